The minimum Gasteiger partial charge on any atom is -0.459 e. The Bertz CT molecular complexity index is 286. The lowest BCUT2D eigenvalue weighted by Crippen LogP contribution is -1.98. The Labute approximate surface area is 64.2 Å². The van der Waals surface area contributed by atoms with E-state index in [4.69, 9.17) is 10.2 Å². The van der Waals surface area contributed by atoms with E-state index >= 15 is 0 Å². The van der Waals surface area contributed by atoms with Crippen LogP contribution in [0.2, 0.25) is 0 Å². The van der Waals surface area contributed by atoms with Crippen molar-refractivity contribution in [3.8, 4) is 0 Å². The highest BCUT2D eigenvalue weighted by Crippen LogP contribution is 2.33. The molecule has 0 saturated heterocycles. The summed E-state index contributed by atoms with van der Waals surface area (Å²) in [6.45, 7) is 0. The van der Waals surface area contributed by atoms with Crippen LogP contribution in [0.1, 0.15) is 23.4 Å². The largest absolute Gasteiger partial charge is 0.459 e. The molecule has 0 aliphatic heterocycles. The lowest BCUT2D eigenvalue weighted by Gasteiger charge is -1.88. The highest BCUT2D eigenvalue weighted by molar-refractivity contribution is 5.97. The molecule has 0 spiro atoms. The van der Waals surface area contributed by atoms with E-state index in [-0.39, 0.29) is 11.7 Å². The van der Waals surface area contributed by atoms with Gasteiger partial charge in [-0.2, -0.15) is 0 Å². The van der Waals surface area contributed by atoms with Gasteiger partial charge in [-0.3, -0.25) is 4.79 Å². The monoisotopic (exact) mass is 151 g/mol. The van der Waals surface area contributed by atoms with E-state index in [1.807, 2.05) is 0 Å². The van der Waals surface area contributed by atoms with Crippen LogP contribution >= 0.6 is 0 Å². The maximum Gasteiger partial charge on any atom is 0.201 e. The first-order valence-electron chi connectivity index (χ1n) is 3.65. The summed E-state index contributed by atoms with van der Waals surface area (Å²) in [7, 11) is 0. The fraction of sp³-hybridized carbons (Fsp3) is 0.375. The average molecular weight is 151 g/mol. The second-order valence-electron chi connectivity index (χ2n) is 2.88. The number of nitrogen functional groups attached to an aromatic ring is 1. The number of hydrogen-bond acceptors (Lipinski definition) is 3. The van der Waals surface area contributed by atoms with Crippen LogP contribution in [0.25, 0.3) is 0 Å². The van der Waals surface area contributed by atoms with E-state index in [1.165, 1.54) is 6.26 Å². The van der Waals surface area contributed by atoms with Crippen LogP contribution in [0.4, 0.5) is 5.69 Å². The minimum absolute atomic E-state index is 0.0988. The van der Waals surface area contributed by atoms with Gasteiger partial charge < -0.3 is 10.2 Å². The van der Waals surface area contributed by atoms with Crippen LogP contribution in [-0.4, -0.2) is 5.78 Å². The maximum atomic E-state index is 11.3. The summed E-state index contributed by atoms with van der Waals surface area (Å²) in [5.41, 5.74) is 5.91. The summed E-state index contributed by atoms with van der Waals surface area (Å²) in [5, 5.41) is 0. The quantitative estimate of drug-likeness (QED) is 0.651. The van der Waals surface area contributed by atoms with Gasteiger partial charge in [-0.25, -0.2) is 0 Å². The second-order valence-corrected chi connectivity index (χ2v) is 2.88. The van der Waals surface area contributed by atoms with Gasteiger partial charge in [-0.15, -0.1) is 0 Å². The molecule has 0 unspecified atom stereocenters. The van der Waals surface area contributed by atoms with Crippen LogP contribution in [0.3, 0.4) is 0 Å². The second kappa shape index (κ2) is 2.12. The van der Waals surface area contributed by atoms with Gasteiger partial charge in [0.25, 0.3) is 0 Å². The molecule has 0 aromatic carbocycles. The summed E-state index contributed by atoms with van der Waals surface area (Å²) < 4.78 is 4.95. The molecule has 11 heavy (non-hydrogen) atoms. The normalized spacial score (nSPS) is 16.7. The number of furan rings is 1. The number of carbonyl (C=O) groups excluding carboxylic acids is 1. The number of ketones is 1. The predicted octanol–water partition coefficient (Wildman–Crippen LogP) is 1.45. The molecule has 2 N–H and O–H groups in total. The van der Waals surface area contributed by atoms with E-state index < -0.39 is 0 Å². The van der Waals surface area contributed by atoms with Crippen molar-refractivity contribution >= 4 is 11.5 Å². The Kier molecular flexibility index (Phi) is 1.24. The number of nitrogens with two attached hydrogens (primary N) is 1. The molecule has 3 nitrogen and oxygen atoms in total. The fourth-order valence-corrected chi connectivity index (χ4v) is 1.03. The van der Waals surface area contributed by atoms with Crippen molar-refractivity contribution < 1.29 is 9.21 Å². The molecule has 1 saturated carbocycles. The zero-order valence-electron chi connectivity index (χ0n) is 6.04. The molecule has 1 fully saturated rings. The Balaban J connectivity index is 2.21. The first-order valence-corrected chi connectivity index (χ1v) is 3.65. The fourth-order valence-electron chi connectivity index (χ4n) is 1.03. The summed E-state index contributed by atoms with van der Waals surface area (Å²) in [6, 6.07) is 1.58. The van der Waals surface area contributed by atoms with Crippen LogP contribution in [0, 0.1) is 5.92 Å². The van der Waals surface area contributed by atoms with E-state index in [9.17, 15) is 4.79 Å². The predicted molar refractivity (Wildman–Crippen MR) is 40.2 cm³/mol. The van der Waals surface area contributed by atoms with Crippen LogP contribution < -0.4 is 5.73 Å². The molecule has 3 heteroatoms. The van der Waals surface area contributed by atoms with Gasteiger partial charge in [0.2, 0.25) is 5.78 Å². The molecule has 1 heterocycles. The summed E-state index contributed by atoms with van der Waals surface area (Å²) in [6.07, 6.45) is 3.40. The molecule has 1 aliphatic carbocycles. The smallest absolute Gasteiger partial charge is 0.201 e. The van der Waals surface area contributed by atoms with Gasteiger partial charge in [-0.05, 0) is 12.8 Å². The van der Waals surface area contributed by atoms with Crippen molar-refractivity contribution in [2.24, 2.45) is 5.92 Å². The van der Waals surface area contributed by atoms with Gasteiger partial charge in [0.15, 0.2) is 5.76 Å². The number of Topliss-reactive ketones (excluding diaryl/α,β-unsaturated/α-hetero) is 1. The lowest BCUT2D eigenvalue weighted by molar-refractivity contribution is 0.0940. The molecule has 58 valence electrons. The molecular weight excluding hydrogens is 142 g/mol. The van der Waals surface area contributed by atoms with E-state index in [0.717, 1.165) is 12.8 Å². The van der Waals surface area contributed by atoms with Crippen molar-refractivity contribution in [2.75, 3.05) is 5.73 Å². The molecule has 2 rings (SSSR count). The third-order valence-corrected chi connectivity index (χ3v) is 1.81. The number of carbonyl (C=O) groups is 1. The molecular formula is C8H9NO2. The average Bonchev–Trinajstić information content (AvgIpc) is 2.74. The Morgan fingerprint density at radius 2 is 2.36 bits per heavy atom. The molecule has 0 atom stereocenters. The number of hydrogen-bond donors (Lipinski definition) is 1. The number of anilines is 1. The first-order chi connectivity index (χ1) is 5.27. The molecule has 0 bridgehead atoms. The third kappa shape index (κ3) is 1.13. The van der Waals surface area contributed by atoms with Gasteiger partial charge in [0.05, 0.1) is 5.69 Å². The minimum atomic E-state index is 0.0988. The van der Waals surface area contributed by atoms with E-state index in [0.29, 0.717) is 11.4 Å². The number of rotatable bonds is 2. The van der Waals surface area contributed by atoms with Crippen molar-refractivity contribution in [3.63, 3.8) is 0 Å². The SMILES string of the molecule is Nc1coc(C(=O)C2CC2)c1. The van der Waals surface area contributed by atoms with E-state index in [1.54, 1.807) is 6.07 Å². The lowest BCUT2D eigenvalue weighted by atomic mass is 10.2. The zero-order valence-corrected chi connectivity index (χ0v) is 6.04. The molecule has 1 aliphatic rings. The van der Waals surface area contributed by atoms with Crippen molar-refractivity contribution in [3.05, 3.63) is 18.1 Å². The van der Waals surface area contributed by atoms with Gasteiger partial charge in [-0.1, -0.05) is 0 Å². The molecule has 1 aromatic heterocycles. The van der Waals surface area contributed by atoms with Crippen molar-refractivity contribution in [2.45, 2.75) is 12.8 Å². The first kappa shape index (κ1) is 6.46. The summed E-state index contributed by atoms with van der Waals surface area (Å²) in [4.78, 5) is 11.3. The van der Waals surface area contributed by atoms with Crippen molar-refractivity contribution in [1.29, 1.82) is 0 Å². The summed E-state index contributed by atoms with van der Waals surface area (Å²) in [5.74, 6) is 0.715. The maximum absolute atomic E-state index is 11.3. The Morgan fingerprint density at radius 3 is 2.82 bits per heavy atom. The highest BCUT2D eigenvalue weighted by Gasteiger charge is 2.32. The summed E-state index contributed by atoms with van der Waals surface area (Å²) >= 11 is 0. The third-order valence-electron chi connectivity index (χ3n) is 1.81. The highest BCUT2D eigenvalue weighted by atomic mass is 16.3. The topological polar surface area (TPSA) is 56.2 Å². The zero-order chi connectivity index (χ0) is 7.84. The molecule has 0 amide bonds. The van der Waals surface area contributed by atoms with Gasteiger partial charge in [0.1, 0.15) is 6.26 Å². The van der Waals surface area contributed by atoms with Crippen LogP contribution in [-0.2, 0) is 0 Å². The Hall–Kier alpha value is -1.25. The standard InChI is InChI=1S/C8H9NO2/c9-6-3-7(11-4-6)8(10)5-1-2-5/h3-5H,1-2,9H2. The Morgan fingerprint density at radius 1 is 1.64 bits per heavy atom. The van der Waals surface area contributed by atoms with E-state index in [2.05, 4.69) is 0 Å². The molecule has 1 aromatic rings. The van der Waals surface area contributed by atoms with Gasteiger partial charge >= 0.3 is 0 Å². The van der Waals surface area contributed by atoms with Crippen LogP contribution in [0.15, 0.2) is 16.7 Å². The van der Waals surface area contributed by atoms with Crippen LogP contribution in [0.5, 0.6) is 0 Å². The van der Waals surface area contributed by atoms with Gasteiger partial charge in [0, 0.05) is 12.0 Å². The van der Waals surface area contributed by atoms with Crippen molar-refractivity contribution in [1.82, 2.24) is 0 Å². The molecule has 0 radical (unpaired) electrons.